The Morgan fingerprint density at radius 3 is 2.09 bits per heavy atom. The van der Waals surface area contributed by atoms with E-state index in [1.165, 1.54) is 0 Å². The number of benzene rings is 1. The summed E-state index contributed by atoms with van der Waals surface area (Å²) in [5, 5.41) is 1.91. The van der Waals surface area contributed by atoms with Crippen molar-refractivity contribution in [3.8, 4) is 0 Å². The molecular weight excluding hydrogens is 480 g/mol. The Kier molecular flexibility index (Phi) is 9.82. The maximum atomic E-state index is 12.9. The number of anilines is 1. The van der Waals surface area contributed by atoms with Crippen molar-refractivity contribution in [1.29, 1.82) is 0 Å². The Hall–Kier alpha value is -2.50. The van der Waals surface area contributed by atoms with Crippen molar-refractivity contribution in [3.05, 3.63) is 29.3 Å². The molecule has 6 nitrogen and oxygen atoms in total. The second kappa shape index (κ2) is 12.0. The van der Waals surface area contributed by atoms with Crippen LogP contribution in [0.1, 0.15) is 69.4 Å². The van der Waals surface area contributed by atoms with Crippen LogP contribution in [0.25, 0.3) is 0 Å². The molecule has 3 N–H and O–H groups in total. The number of nitrogens with zero attached hydrogens (tertiary/aromatic N) is 1. The standard InChI is InChI=1S/C23H31F6N3O3/c1-2-32(19(33)15-21(30)8-4-3-5-9-21)10-6-7-11-35-20(34)31-18-13-16(22(24,25)26)12-17(14-18)23(27,28)29/h12-14H,2-11,15,30H2,1H3,(H,31,34). The van der Waals surface area contributed by atoms with Crippen LogP contribution in [0, 0.1) is 0 Å². The number of hydrogen-bond acceptors (Lipinski definition) is 4. The number of nitrogens with one attached hydrogen (secondary N) is 1. The lowest BCUT2D eigenvalue weighted by Crippen LogP contribution is -2.47. The van der Waals surface area contributed by atoms with Gasteiger partial charge in [-0.3, -0.25) is 10.1 Å². The summed E-state index contributed by atoms with van der Waals surface area (Å²) < 4.78 is 82.4. The highest BCUT2D eigenvalue weighted by Gasteiger charge is 2.37. The maximum Gasteiger partial charge on any atom is 0.416 e. The first-order chi connectivity index (χ1) is 16.2. The summed E-state index contributed by atoms with van der Waals surface area (Å²) in [6.45, 7) is 2.63. The van der Waals surface area contributed by atoms with Crippen molar-refractivity contribution in [3.63, 3.8) is 0 Å². The van der Waals surface area contributed by atoms with Crippen molar-refractivity contribution >= 4 is 17.7 Å². The number of carbonyl (C=O) groups excluding carboxylic acids is 2. The molecule has 0 radical (unpaired) electrons. The summed E-state index contributed by atoms with van der Waals surface area (Å²) in [6, 6.07) is 0.771. The zero-order chi connectivity index (χ0) is 26.3. The molecule has 0 aromatic heterocycles. The molecule has 1 aromatic carbocycles. The third-order valence-electron chi connectivity index (χ3n) is 5.98. The third kappa shape index (κ3) is 9.23. The highest BCUT2D eigenvalue weighted by Crippen LogP contribution is 2.37. The van der Waals surface area contributed by atoms with Crippen molar-refractivity contribution in [2.45, 2.75) is 76.2 Å². The monoisotopic (exact) mass is 511 g/mol. The molecule has 12 heteroatoms. The van der Waals surface area contributed by atoms with Gasteiger partial charge < -0.3 is 15.4 Å². The molecule has 0 heterocycles. The Bertz CT molecular complexity index is 835. The van der Waals surface area contributed by atoms with Crippen molar-refractivity contribution in [2.24, 2.45) is 5.73 Å². The lowest BCUT2D eigenvalue weighted by molar-refractivity contribution is -0.143. The Labute approximate surface area is 200 Å². The van der Waals surface area contributed by atoms with Crippen LogP contribution in [-0.4, -0.2) is 42.1 Å². The summed E-state index contributed by atoms with van der Waals surface area (Å²) >= 11 is 0. The van der Waals surface area contributed by atoms with Crippen LogP contribution >= 0.6 is 0 Å². The number of amides is 2. The zero-order valence-corrected chi connectivity index (χ0v) is 19.5. The lowest BCUT2D eigenvalue weighted by atomic mass is 9.80. The quantitative estimate of drug-likeness (QED) is 0.317. The van der Waals surface area contributed by atoms with E-state index in [4.69, 9.17) is 10.5 Å². The number of hydrogen-bond donors (Lipinski definition) is 2. The predicted molar refractivity (Wildman–Crippen MR) is 118 cm³/mol. The molecule has 1 aromatic rings. The van der Waals surface area contributed by atoms with E-state index in [0.29, 0.717) is 38.1 Å². The molecule has 2 rings (SSSR count). The second-order valence-electron chi connectivity index (χ2n) is 8.84. The van der Waals surface area contributed by atoms with Gasteiger partial charge in [0.05, 0.1) is 17.7 Å². The number of rotatable bonds is 9. The summed E-state index contributed by atoms with van der Waals surface area (Å²) in [6.07, 6.45) is -5.34. The molecule has 198 valence electrons. The molecule has 1 saturated carbocycles. The number of alkyl halides is 6. The Morgan fingerprint density at radius 1 is 1.00 bits per heavy atom. The van der Waals surface area contributed by atoms with Crippen LogP contribution in [-0.2, 0) is 21.9 Å². The van der Waals surface area contributed by atoms with E-state index < -0.39 is 40.8 Å². The van der Waals surface area contributed by atoms with Gasteiger partial charge in [0, 0.05) is 30.7 Å². The summed E-state index contributed by atoms with van der Waals surface area (Å²) in [4.78, 5) is 26.2. The van der Waals surface area contributed by atoms with Gasteiger partial charge in [-0.1, -0.05) is 19.3 Å². The zero-order valence-electron chi connectivity index (χ0n) is 19.5. The lowest BCUT2D eigenvalue weighted by Gasteiger charge is -2.34. The van der Waals surface area contributed by atoms with Crippen molar-refractivity contribution < 1.29 is 40.7 Å². The molecule has 0 aliphatic heterocycles. The van der Waals surface area contributed by atoms with Crippen LogP contribution in [0.3, 0.4) is 0 Å². The van der Waals surface area contributed by atoms with Crippen LogP contribution < -0.4 is 11.1 Å². The molecule has 0 spiro atoms. The predicted octanol–water partition coefficient (Wildman–Crippen LogP) is 5.95. The van der Waals surface area contributed by atoms with Crippen LogP contribution in [0.2, 0.25) is 0 Å². The normalized spacial score (nSPS) is 16.0. The molecule has 0 atom stereocenters. The summed E-state index contributed by atoms with van der Waals surface area (Å²) in [7, 11) is 0. The molecule has 35 heavy (non-hydrogen) atoms. The van der Waals surface area contributed by atoms with Gasteiger partial charge in [0.15, 0.2) is 0 Å². The number of nitrogens with two attached hydrogens (primary N) is 1. The summed E-state index contributed by atoms with van der Waals surface area (Å²) in [5.41, 5.74) is 2.12. The van der Waals surface area contributed by atoms with E-state index >= 15 is 0 Å². The van der Waals surface area contributed by atoms with Gasteiger partial charge in [-0.25, -0.2) is 4.79 Å². The van der Waals surface area contributed by atoms with Gasteiger partial charge in [-0.05, 0) is 50.8 Å². The van der Waals surface area contributed by atoms with E-state index in [9.17, 15) is 35.9 Å². The first kappa shape index (κ1) is 28.7. The minimum atomic E-state index is -5.02. The topological polar surface area (TPSA) is 84.7 Å². The van der Waals surface area contributed by atoms with E-state index in [2.05, 4.69) is 0 Å². The van der Waals surface area contributed by atoms with Crippen molar-refractivity contribution in [2.75, 3.05) is 25.0 Å². The van der Waals surface area contributed by atoms with Crippen molar-refractivity contribution in [1.82, 2.24) is 4.90 Å². The number of halogens is 6. The molecule has 0 bridgehead atoms. The van der Waals surface area contributed by atoms with Gasteiger partial charge in [0.2, 0.25) is 5.91 Å². The molecule has 1 aliphatic rings. The van der Waals surface area contributed by atoms with Gasteiger partial charge >= 0.3 is 18.4 Å². The van der Waals surface area contributed by atoms with Gasteiger partial charge in [0.25, 0.3) is 0 Å². The third-order valence-corrected chi connectivity index (χ3v) is 5.98. The average Bonchev–Trinajstić information content (AvgIpc) is 2.74. The fourth-order valence-electron chi connectivity index (χ4n) is 4.06. The molecule has 1 fully saturated rings. The number of unbranched alkanes of at least 4 members (excludes halogenated alkanes) is 1. The molecule has 0 saturated heterocycles. The van der Waals surface area contributed by atoms with E-state index in [1.807, 2.05) is 12.2 Å². The fourth-order valence-corrected chi connectivity index (χ4v) is 4.06. The van der Waals surface area contributed by atoms with Crippen LogP contribution in [0.4, 0.5) is 36.8 Å². The van der Waals surface area contributed by atoms with Crippen LogP contribution in [0.5, 0.6) is 0 Å². The smallest absolute Gasteiger partial charge is 0.416 e. The molecule has 1 aliphatic carbocycles. The Balaban J connectivity index is 1.81. The molecule has 0 unspecified atom stereocenters. The van der Waals surface area contributed by atoms with Gasteiger partial charge in [-0.15, -0.1) is 0 Å². The Morgan fingerprint density at radius 2 is 1.57 bits per heavy atom. The van der Waals surface area contributed by atoms with Crippen LogP contribution in [0.15, 0.2) is 18.2 Å². The average molecular weight is 512 g/mol. The molecular formula is C23H31F6N3O3. The van der Waals surface area contributed by atoms with Gasteiger partial charge in [-0.2, -0.15) is 26.3 Å². The van der Waals surface area contributed by atoms with E-state index in [1.54, 1.807) is 4.90 Å². The van der Waals surface area contributed by atoms with E-state index in [-0.39, 0.29) is 25.0 Å². The first-order valence-corrected chi connectivity index (χ1v) is 11.5. The fraction of sp³-hybridized carbons (Fsp3) is 0.652. The van der Waals surface area contributed by atoms with Gasteiger partial charge in [0.1, 0.15) is 0 Å². The minimum Gasteiger partial charge on any atom is -0.449 e. The number of ether oxygens (including phenoxy) is 1. The molecule has 2 amide bonds. The highest BCUT2D eigenvalue weighted by molar-refractivity contribution is 5.85. The first-order valence-electron chi connectivity index (χ1n) is 11.5. The second-order valence-corrected chi connectivity index (χ2v) is 8.84. The minimum absolute atomic E-state index is 0.0297. The largest absolute Gasteiger partial charge is 0.449 e. The summed E-state index contributed by atoms with van der Waals surface area (Å²) in [5.74, 6) is -0.0411. The highest BCUT2D eigenvalue weighted by atomic mass is 19.4. The van der Waals surface area contributed by atoms with E-state index in [0.717, 1.165) is 32.1 Å². The maximum absolute atomic E-state index is 12.9. The SMILES string of the molecule is CCN(CCCCOC(=O)Nc1cc(C(F)(F)F)cc(C(F)(F)F)c1)C(=O)CC1(N)CCCCC1. The number of carbonyl (C=O) groups is 2.